The molecule has 0 spiro atoms. The van der Waals surface area contributed by atoms with Crippen LogP contribution in [0.1, 0.15) is 27.2 Å². The Morgan fingerprint density at radius 2 is 1.72 bits per heavy atom. The topological polar surface area (TPSA) is 72.3 Å². The van der Waals surface area contributed by atoms with Crippen LogP contribution in [0.4, 0.5) is 11.4 Å². The number of nitrogens with zero attached hydrogens (tertiary/aromatic N) is 5. The summed E-state index contributed by atoms with van der Waals surface area (Å²) in [5.41, 5.74) is 10.2. The number of amides is 1. The summed E-state index contributed by atoms with van der Waals surface area (Å²) in [6.07, 6.45) is 0.449. The van der Waals surface area contributed by atoms with Crippen molar-refractivity contribution in [3.8, 4) is 0 Å². The van der Waals surface area contributed by atoms with E-state index in [9.17, 15) is 4.79 Å². The Bertz CT molecular complexity index is 778. The molecule has 0 unspecified atom stereocenters. The van der Waals surface area contributed by atoms with Crippen LogP contribution >= 0.6 is 0 Å². The van der Waals surface area contributed by atoms with Gasteiger partial charge in [0.2, 0.25) is 5.91 Å². The highest BCUT2D eigenvalue weighted by Gasteiger charge is 2.18. The van der Waals surface area contributed by atoms with Crippen molar-refractivity contribution in [3.63, 3.8) is 0 Å². The van der Waals surface area contributed by atoms with Crippen LogP contribution in [0.25, 0.3) is 21.2 Å². The highest BCUT2D eigenvalue weighted by atomic mass is 16.2. The van der Waals surface area contributed by atoms with Gasteiger partial charge in [0.15, 0.2) is 0 Å². The van der Waals surface area contributed by atoms with E-state index in [1.165, 1.54) is 0 Å². The summed E-state index contributed by atoms with van der Waals surface area (Å²) in [5, 5.41) is 5.55. The number of carbonyl (C=O) groups is 1. The summed E-state index contributed by atoms with van der Waals surface area (Å²) in [4.78, 5) is 19.6. The number of benzene rings is 2. The Kier molecular flexibility index (Phi) is 6.81. The van der Waals surface area contributed by atoms with E-state index in [1.807, 2.05) is 42.2 Å². The maximum Gasteiger partial charge on any atom is 0.226 e. The lowest BCUT2D eigenvalue weighted by Crippen LogP contribution is -2.38. The molecule has 0 saturated heterocycles. The molecule has 2 rings (SSSR count). The van der Waals surface area contributed by atoms with Gasteiger partial charge in [-0.25, -0.2) is 0 Å². The van der Waals surface area contributed by atoms with Crippen LogP contribution in [0.5, 0.6) is 0 Å². The minimum atomic E-state index is 0.0915. The van der Waals surface area contributed by atoms with Crippen molar-refractivity contribution in [2.45, 2.75) is 27.2 Å². The van der Waals surface area contributed by atoms with Crippen LogP contribution in [0.3, 0.4) is 0 Å². The van der Waals surface area contributed by atoms with Gasteiger partial charge in [-0.3, -0.25) is 4.79 Å². The number of hydrogen-bond donors (Lipinski definition) is 0. The minimum absolute atomic E-state index is 0.0915. The predicted octanol–water partition coefficient (Wildman–Crippen LogP) is 4.87. The van der Waals surface area contributed by atoms with Gasteiger partial charge in [0, 0.05) is 35.5 Å². The number of azide groups is 1. The van der Waals surface area contributed by atoms with E-state index in [2.05, 4.69) is 28.8 Å². The van der Waals surface area contributed by atoms with E-state index in [0.717, 1.165) is 36.1 Å². The standard InChI is InChI=1S/C19H25N5O/c1-4-19(25)24(14-13-23(5-2)6-3)18-12-11-17(21-22-20)15-9-7-8-10-16(15)18/h7-12H,4-6,13-14H2,1-3H3. The zero-order valence-corrected chi connectivity index (χ0v) is 15.1. The van der Waals surface area contributed by atoms with Crippen molar-refractivity contribution < 1.29 is 4.79 Å². The number of anilines is 1. The van der Waals surface area contributed by atoms with Crippen LogP contribution in [0, 0.1) is 0 Å². The van der Waals surface area contributed by atoms with Crippen LogP contribution in [0.15, 0.2) is 41.5 Å². The molecule has 0 atom stereocenters. The molecule has 0 bridgehead atoms. The molecule has 0 aliphatic carbocycles. The Morgan fingerprint density at radius 3 is 2.32 bits per heavy atom. The molecule has 0 fully saturated rings. The first-order chi connectivity index (χ1) is 12.2. The smallest absolute Gasteiger partial charge is 0.226 e. The van der Waals surface area contributed by atoms with E-state index in [4.69, 9.17) is 5.53 Å². The molecule has 25 heavy (non-hydrogen) atoms. The molecule has 0 aliphatic rings. The van der Waals surface area contributed by atoms with Crippen LogP contribution in [0.2, 0.25) is 0 Å². The van der Waals surface area contributed by atoms with Crippen molar-refractivity contribution in [2.24, 2.45) is 5.11 Å². The van der Waals surface area contributed by atoms with Gasteiger partial charge < -0.3 is 9.80 Å². The molecule has 0 saturated carbocycles. The Labute approximate surface area is 148 Å². The van der Waals surface area contributed by atoms with Gasteiger partial charge in [0.25, 0.3) is 0 Å². The zero-order valence-electron chi connectivity index (χ0n) is 15.1. The average Bonchev–Trinajstić information content (AvgIpc) is 2.66. The normalized spacial score (nSPS) is 10.7. The molecular weight excluding hydrogens is 314 g/mol. The van der Waals surface area contributed by atoms with E-state index in [0.29, 0.717) is 18.7 Å². The highest BCUT2D eigenvalue weighted by Crippen LogP contribution is 2.34. The summed E-state index contributed by atoms with van der Waals surface area (Å²) in [6, 6.07) is 11.4. The fraction of sp³-hybridized carbons (Fsp3) is 0.421. The van der Waals surface area contributed by atoms with Gasteiger partial charge in [-0.15, -0.1) is 0 Å². The first-order valence-electron chi connectivity index (χ1n) is 8.75. The van der Waals surface area contributed by atoms with Crippen molar-refractivity contribution in [1.29, 1.82) is 0 Å². The summed E-state index contributed by atoms with van der Waals surface area (Å²) in [6.45, 7) is 9.51. The Balaban J connectivity index is 2.48. The minimum Gasteiger partial charge on any atom is -0.311 e. The molecule has 132 valence electrons. The Morgan fingerprint density at radius 1 is 1.04 bits per heavy atom. The molecule has 0 aromatic heterocycles. The molecule has 6 nitrogen and oxygen atoms in total. The maximum absolute atomic E-state index is 12.6. The molecule has 2 aromatic rings. The van der Waals surface area contributed by atoms with Crippen molar-refractivity contribution in [1.82, 2.24) is 4.90 Å². The largest absolute Gasteiger partial charge is 0.311 e. The average molecular weight is 339 g/mol. The van der Waals surface area contributed by atoms with Gasteiger partial charge in [-0.2, -0.15) is 0 Å². The second kappa shape index (κ2) is 9.06. The zero-order chi connectivity index (χ0) is 18.2. The summed E-state index contributed by atoms with van der Waals surface area (Å²) in [5.74, 6) is 0.0915. The molecule has 0 N–H and O–H groups in total. The second-order valence-corrected chi connectivity index (χ2v) is 5.76. The monoisotopic (exact) mass is 339 g/mol. The van der Waals surface area contributed by atoms with Gasteiger partial charge in [-0.05, 0) is 36.1 Å². The highest BCUT2D eigenvalue weighted by molar-refractivity contribution is 6.07. The fourth-order valence-corrected chi connectivity index (χ4v) is 2.99. The Hall–Kier alpha value is -2.56. The second-order valence-electron chi connectivity index (χ2n) is 5.76. The number of likely N-dealkylation sites (N-methyl/N-ethyl adjacent to an activating group) is 1. The van der Waals surface area contributed by atoms with Gasteiger partial charge in [0.05, 0.1) is 5.69 Å². The van der Waals surface area contributed by atoms with E-state index < -0.39 is 0 Å². The fourth-order valence-electron chi connectivity index (χ4n) is 2.99. The first-order valence-corrected chi connectivity index (χ1v) is 8.75. The lowest BCUT2D eigenvalue weighted by molar-refractivity contribution is -0.118. The third-order valence-electron chi connectivity index (χ3n) is 4.46. The van der Waals surface area contributed by atoms with Gasteiger partial charge >= 0.3 is 0 Å². The predicted molar refractivity (Wildman–Crippen MR) is 103 cm³/mol. The SMILES string of the molecule is CCC(=O)N(CCN(CC)CC)c1ccc(N=[N+]=[N-])c2ccccc12. The molecule has 6 heteroatoms. The lowest BCUT2D eigenvalue weighted by Gasteiger charge is -2.27. The summed E-state index contributed by atoms with van der Waals surface area (Å²) < 4.78 is 0. The third kappa shape index (κ3) is 4.29. The van der Waals surface area contributed by atoms with Gasteiger partial charge in [0.1, 0.15) is 0 Å². The van der Waals surface area contributed by atoms with Crippen LogP contribution < -0.4 is 4.90 Å². The number of hydrogen-bond acceptors (Lipinski definition) is 3. The molecule has 0 aliphatic heterocycles. The quantitative estimate of drug-likeness (QED) is 0.391. The van der Waals surface area contributed by atoms with Crippen LogP contribution in [-0.4, -0.2) is 37.0 Å². The van der Waals surface area contributed by atoms with Crippen molar-refractivity contribution >= 4 is 28.1 Å². The van der Waals surface area contributed by atoms with Crippen LogP contribution in [-0.2, 0) is 4.79 Å². The molecule has 0 radical (unpaired) electrons. The maximum atomic E-state index is 12.6. The van der Waals surface area contributed by atoms with Crippen molar-refractivity contribution in [2.75, 3.05) is 31.1 Å². The summed E-state index contributed by atoms with van der Waals surface area (Å²) >= 11 is 0. The molecule has 0 heterocycles. The summed E-state index contributed by atoms with van der Waals surface area (Å²) in [7, 11) is 0. The third-order valence-corrected chi connectivity index (χ3v) is 4.46. The lowest BCUT2D eigenvalue weighted by atomic mass is 10.1. The van der Waals surface area contributed by atoms with Crippen molar-refractivity contribution in [3.05, 3.63) is 46.8 Å². The number of carbonyl (C=O) groups excluding carboxylic acids is 1. The van der Waals surface area contributed by atoms with E-state index in [-0.39, 0.29) is 5.91 Å². The number of fused-ring (bicyclic) bond motifs is 1. The van der Waals surface area contributed by atoms with E-state index in [1.54, 1.807) is 6.07 Å². The molecule has 2 aromatic carbocycles. The number of rotatable bonds is 8. The van der Waals surface area contributed by atoms with E-state index >= 15 is 0 Å². The molecular formula is C19H25N5O. The first kappa shape index (κ1) is 18.8. The van der Waals surface area contributed by atoms with Gasteiger partial charge in [-0.1, -0.05) is 50.2 Å². The molecule has 1 amide bonds.